The number of anilines is 2. The van der Waals surface area contributed by atoms with E-state index in [9.17, 15) is 9.59 Å². The van der Waals surface area contributed by atoms with Gasteiger partial charge in [0, 0.05) is 19.0 Å². The van der Waals surface area contributed by atoms with Crippen molar-refractivity contribution >= 4 is 44.9 Å². The van der Waals surface area contributed by atoms with Gasteiger partial charge in [-0.1, -0.05) is 19.9 Å². The van der Waals surface area contributed by atoms with Crippen LogP contribution in [-0.4, -0.2) is 57.3 Å². The molecule has 0 spiro atoms. The third-order valence-corrected chi connectivity index (χ3v) is 9.05. The lowest BCUT2D eigenvalue weighted by Crippen LogP contribution is -2.46. The van der Waals surface area contributed by atoms with Crippen LogP contribution in [0, 0.1) is 5.92 Å². The molecule has 202 valence electrons. The number of aryl methyl sites for hydroxylation is 1. The Bertz CT molecular complexity index is 1320. The van der Waals surface area contributed by atoms with E-state index >= 15 is 0 Å². The van der Waals surface area contributed by atoms with Crippen molar-refractivity contribution in [2.75, 3.05) is 30.7 Å². The molecule has 8 nitrogen and oxygen atoms in total. The summed E-state index contributed by atoms with van der Waals surface area (Å²) in [7, 11) is 0. The monoisotopic (exact) mass is 534 g/mol. The van der Waals surface area contributed by atoms with Gasteiger partial charge in [0.05, 0.1) is 33.2 Å². The Kier molecular flexibility index (Phi) is 7.95. The smallest absolute Gasteiger partial charge is 0.313 e. The van der Waals surface area contributed by atoms with E-state index in [4.69, 9.17) is 10.7 Å². The highest BCUT2D eigenvalue weighted by atomic mass is 32.1. The fourth-order valence-electron chi connectivity index (χ4n) is 5.76. The molecule has 0 unspecified atom stereocenters. The quantitative estimate of drug-likeness (QED) is 0.440. The van der Waals surface area contributed by atoms with E-state index in [-0.39, 0.29) is 6.04 Å². The molecule has 38 heavy (non-hydrogen) atoms. The minimum atomic E-state index is -0.648. The van der Waals surface area contributed by atoms with Crippen LogP contribution < -0.4 is 11.1 Å². The number of nitrogen functional groups attached to an aromatic ring is 1. The molecule has 2 amide bonds. The van der Waals surface area contributed by atoms with E-state index in [0.29, 0.717) is 36.4 Å². The van der Waals surface area contributed by atoms with Crippen LogP contribution in [0.15, 0.2) is 30.5 Å². The van der Waals surface area contributed by atoms with Crippen molar-refractivity contribution in [2.24, 2.45) is 5.92 Å². The van der Waals surface area contributed by atoms with E-state index in [1.165, 1.54) is 36.8 Å². The van der Waals surface area contributed by atoms with Crippen LogP contribution in [0.4, 0.5) is 11.5 Å². The van der Waals surface area contributed by atoms with Crippen molar-refractivity contribution in [2.45, 2.75) is 71.4 Å². The molecule has 2 aliphatic rings. The highest BCUT2D eigenvalue weighted by molar-refractivity contribution is 7.18. The fraction of sp³-hybridized carbons (Fsp3) is 0.517. The maximum atomic E-state index is 13.4. The zero-order valence-electron chi connectivity index (χ0n) is 22.6. The predicted octanol–water partition coefficient (Wildman–Crippen LogP) is 4.80. The molecule has 3 N–H and O–H groups in total. The van der Waals surface area contributed by atoms with Gasteiger partial charge in [-0.25, -0.2) is 9.97 Å². The third-order valence-electron chi connectivity index (χ3n) is 7.99. The van der Waals surface area contributed by atoms with Gasteiger partial charge in [0.15, 0.2) is 0 Å². The maximum absolute atomic E-state index is 13.4. The van der Waals surface area contributed by atoms with Crippen molar-refractivity contribution in [1.29, 1.82) is 0 Å². The molecule has 5 rings (SSSR count). The van der Waals surface area contributed by atoms with Gasteiger partial charge >= 0.3 is 11.8 Å². The molecule has 9 heteroatoms. The van der Waals surface area contributed by atoms with Crippen LogP contribution in [0.2, 0.25) is 0 Å². The van der Waals surface area contributed by atoms with Crippen LogP contribution in [0.25, 0.3) is 10.2 Å². The Morgan fingerprint density at radius 1 is 1.21 bits per heavy atom. The number of nitrogens with two attached hydrogens (primary N) is 1. The normalized spacial score (nSPS) is 21.1. The van der Waals surface area contributed by atoms with Crippen molar-refractivity contribution in [3.8, 4) is 0 Å². The van der Waals surface area contributed by atoms with Crippen molar-refractivity contribution < 1.29 is 9.59 Å². The van der Waals surface area contributed by atoms with Gasteiger partial charge < -0.3 is 20.9 Å². The number of thiazole rings is 1. The molecule has 0 bridgehead atoms. The number of nitrogens with zero attached hydrogens (tertiary/aromatic N) is 4. The number of rotatable bonds is 6. The number of benzene rings is 1. The summed E-state index contributed by atoms with van der Waals surface area (Å²) in [6.07, 6.45) is 7.55. The molecular formula is C29H38N6O2S. The largest absolute Gasteiger partial charge is 0.383 e. The van der Waals surface area contributed by atoms with Crippen LogP contribution in [-0.2, 0) is 22.4 Å². The summed E-state index contributed by atoms with van der Waals surface area (Å²) in [5, 5.41) is 3.90. The number of hydrogen-bond acceptors (Lipinski definition) is 7. The number of hydrogen-bond donors (Lipinski definition) is 2. The van der Waals surface area contributed by atoms with Gasteiger partial charge in [0.2, 0.25) is 0 Å². The molecule has 2 saturated heterocycles. The third kappa shape index (κ3) is 5.68. The second-order valence-corrected chi connectivity index (χ2v) is 12.0. The van der Waals surface area contributed by atoms with Gasteiger partial charge in [0.1, 0.15) is 5.82 Å². The molecule has 0 aliphatic carbocycles. The summed E-state index contributed by atoms with van der Waals surface area (Å²) in [4.78, 5) is 39.9. The maximum Gasteiger partial charge on any atom is 0.313 e. The zero-order chi connectivity index (χ0) is 26.8. The first-order valence-electron chi connectivity index (χ1n) is 13.8. The summed E-state index contributed by atoms with van der Waals surface area (Å²) in [6, 6.07) is 8.46. The second-order valence-electron chi connectivity index (χ2n) is 10.9. The van der Waals surface area contributed by atoms with Gasteiger partial charge in [0.25, 0.3) is 0 Å². The summed E-state index contributed by atoms with van der Waals surface area (Å²) in [6.45, 7) is 9.31. The summed E-state index contributed by atoms with van der Waals surface area (Å²) >= 11 is 1.76. The Morgan fingerprint density at radius 3 is 2.76 bits per heavy atom. The molecular weight excluding hydrogens is 496 g/mol. The number of fused-ring (bicyclic) bond motifs is 1. The lowest BCUT2D eigenvalue weighted by molar-refractivity contribution is -0.146. The van der Waals surface area contributed by atoms with E-state index in [0.717, 1.165) is 40.9 Å². The predicted molar refractivity (Wildman–Crippen MR) is 153 cm³/mol. The van der Waals surface area contributed by atoms with E-state index in [1.54, 1.807) is 22.3 Å². The number of nitrogens with one attached hydrogen (secondary N) is 1. The molecule has 4 heterocycles. The highest BCUT2D eigenvalue weighted by Gasteiger charge is 2.34. The molecule has 2 fully saturated rings. The molecule has 0 radical (unpaired) electrons. The average molecular weight is 535 g/mol. The Labute approximate surface area is 228 Å². The number of likely N-dealkylation sites (tertiary alicyclic amines) is 2. The lowest BCUT2D eigenvalue weighted by atomic mass is 9.89. The number of carbonyl (C=O) groups excluding carboxylic acids is 2. The van der Waals surface area contributed by atoms with Crippen LogP contribution >= 0.6 is 11.3 Å². The first-order valence-corrected chi connectivity index (χ1v) is 14.6. The van der Waals surface area contributed by atoms with E-state index in [2.05, 4.69) is 47.2 Å². The van der Waals surface area contributed by atoms with E-state index < -0.39 is 11.8 Å². The summed E-state index contributed by atoms with van der Waals surface area (Å²) < 4.78 is 1.17. The number of pyridine rings is 1. The Balaban J connectivity index is 1.33. The second kappa shape index (κ2) is 11.4. The van der Waals surface area contributed by atoms with Crippen LogP contribution in [0.1, 0.15) is 68.6 Å². The summed E-state index contributed by atoms with van der Waals surface area (Å²) in [5.74, 6) is -0.400. The number of amides is 2. The average Bonchev–Trinajstić information content (AvgIpc) is 3.59. The number of aromatic nitrogens is 2. The minimum Gasteiger partial charge on any atom is -0.383 e. The van der Waals surface area contributed by atoms with Crippen LogP contribution in [0.5, 0.6) is 0 Å². The molecule has 2 aromatic heterocycles. The van der Waals surface area contributed by atoms with Crippen molar-refractivity contribution in [3.63, 3.8) is 0 Å². The molecule has 3 aromatic rings. The first kappa shape index (κ1) is 26.6. The van der Waals surface area contributed by atoms with Gasteiger partial charge in [-0.15, -0.1) is 11.3 Å². The molecule has 0 saturated carbocycles. The molecule has 3 atom stereocenters. The molecule has 1 aromatic carbocycles. The Hall–Kier alpha value is -3.04. The summed E-state index contributed by atoms with van der Waals surface area (Å²) in [5.41, 5.74) is 9.23. The minimum absolute atomic E-state index is 0.154. The van der Waals surface area contributed by atoms with Gasteiger partial charge in [-0.3, -0.25) is 9.59 Å². The van der Waals surface area contributed by atoms with Crippen molar-refractivity contribution in [1.82, 2.24) is 19.8 Å². The number of piperidine rings is 1. The number of carbonyl (C=O) groups is 2. The standard InChI is InChI=1S/C29H38N6O2S/c1-4-20-14-22(16-31-27(20)30)32-28(36)29(37)35-17-18(2)7-9-24(35)21-8-10-25-23(15-21)33-26(38-25)13-19(3)34-11-5-6-12-34/h8,10,14-16,18-19,24H,4-7,9,11-13,17H2,1-3H3,(H2,30,31)(H,32,36)/t18-,19+,24+/m0/s1. The van der Waals surface area contributed by atoms with Crippen LogP contribution in [0.3, 0.4) is 0 Å². The SMILES string of the molecule is CCc1cc(NC(=O)C(=O)N2C[C@@H](C)CC[C@@H]2c2ccc3sc(C[C@@H](C)N4CCCC4)nc3c2)cnc1N. The molecule has 2 aliphatic heterocycles. The van der Waals surface area contributed by atoms with Gasteiger partial charge in [-0.05, 0) is 87.4 Å². The zero-order valence-corrected chi connectivity index (χ0v) is 23.4. The first-order chi connectivity index (χ1) is 18.3. The van der Waals surface area contributed by atoms with E-state index in [1.807, 2.05) is 6.92 Å². The fourth-order valence-corrected chi connectivity index (χ4v) is 6.83. The highest BCUT2D eigenvalue weighted by Crippen LogP contribution is 2.36. The van der Waals surface area contributed by atoms with Gasteiger partial charge in [-0.2, -0.15) is 0 Å². The lowest BCUT2D eigenvalue weighted by Gasteiger charge is -2.38. The van der Waals surface area contributed by atoms with Crippen molar-refractivity contribution in [3.05, 3.63) is 46.6 Å². The topological polar surface area (TPSA) is 104 Å². The Morgan fingerprint density at radius 2 is 2.00 bits per heavy atom.